The number of nitrogens with two attached hydrogens (primary N) is 1. The number of carbonyl (C=O) groups is 3. The molecule has 6 atom stereocenters. The first-order chi connectivity index (χ1) is 20.1. The van der Waals surface area contributed by atoms with Crippen molar-refractivity contribution in [2.75, 3.05) is 13.7 Å². The maximum Gasteiger partial charge on any atom is 0.330 e. The topological polar surface area (TPSA) is 114 Å². The molecule has 8 nitrogen and oxygen atoms in total. The molecule has 1 amide bonds. The molecule has 2 saturated heterocycles. The van der Waals surface area contributed by atoms with Crippen molar-refractivity contribution < 1.29 is 33.3 Å². The van der Waals surface area contributed by atoms with Gasteiger partial charge in [-0.3, -0.25) is 9.59 Å². The Morgan fingerprint density at radius 3 is 2.52 bits per heavy atom. The number of ether oxygens (including phenoxy) is 4. The van der Waals surface area contributed by atoms with Crippen molar-refractivity contribution in [2.24, 2.45) is 17.6 Å². The van der Waals surface area contributed by atoms with Gasteiger partial charge >= 0.3 is 11.9 Å². The molecule has 234 valence electrons. The Bertz CT molecular complexity index is 1020. The van der Waals surface area contributed by atoms with E-state index in [9.17, 15) is 14.4 Å². The summed E-state index contributed by atoms with van der Waals surface area (Å²) in [6.45, 7) is 8.70. The van der Waals surface area contributed by atoms with Gasteiger partial charge in [-0.2, -0.15) is 0 Å². The number of carbonyl (C=O) groups excluding carboxylic acids is 3. The van der Waals surface area contributed by atoms with Gasteiger partial charge in [0.25, 0.3) is 0 Å². The largest absolute Gasteiger partial charge is 0.466 e. The maximum atomic E-state index is 13.0. The minimum Gasteiger partial charge on any atom is -0.466 e. The van der Waals surface area contributed by atoms with Crippen molar-refractivity contribution >= 4 is 17.8 Å². The number of methoxy groups -OCH3 is 1. The van der Waals surface area contributed by atoms with Crippen molar-refractivity contribution in [3.63, 3.8) is 0 Å². The van der Waals surface area contributed by atoms with Crippen molar-refractivity contribution in [1.82, 2.24) is 0 Å². The molecule has 8 heteroatoms. The molecule has 0 bridgehead atoms. The van der Waals surface area contributed by atoms with Crippen LogP contribution in [0, 0.1) is 11.8 Å². The molecule has 2 N–H and O–H groups in total. The fourth-order valence-corrected chi connectivity index (χ4v) is 5.22. The van der Waals surface area contributed by atoms with E-state index in [1.807, 2.05) is 44.2 Å². The molecule has 0 aromatic carbocycles. The lowest BCUT2D eigenvalue weighted by Gasteiger charge is -2.30. The molecule has 0 spiro atoms. The van der Waals surface area contributed by atoms with Gasteiger partial charge in [-0.1, -0.05) is 68.4 Å². The third kappa shape index (κ3) is 14.3. The number of rotatable bonds is 15. The van der Waals surface area contributed by atoms with Crippen molar-refractivity contribution in [2.45, 2.75) is 110 Å². The highest BCUT2D eigenvalue weighted by atomic mass is 16.5. The zero-order valence-corrected chi connectivity index (χ0v) is 26.1. The Morgan fingerprint density at radius 2 is 1.81 bits per heavy atom. The number of hydrogen-bond acceptors (Lipinski definition) is 7. The number of primary amides is 1. The predicted octanol–water partition coefficient (Wildman–Crippen LogP) is 6.07. The molecular weight excluding hydrogens is 534 g/mol. The third-order valence-corrected chi connectivity index (χ3v) is 7.60. The highest BCUT2D eigenvalue weighted by Gasteiger charge is 2.25. The van der Waals surface area contributed by atoms with Crippen LogP contribution in [0.1, 0.15) is 85.5 Å². The molecule has 0 aromatic heterocycles. The molecule has 0 radical (unpaired) electrons. The molecule has 42 heavy (non-hydrogen) atoms. The van der Waals surface area contributed by atoms with Gasteiger partial charge in [-0.05, 0) is 63.9 Å². The summed E-state index contributed by atoms with van der Waals surface area (Å²) in [5, 5.41) is 0. The summed E-state index contributed by atoms with van der Waals surface area (Å²) in [7, 11) is 1.34. The lowest BCUT2D eigenvalue weighted by molar-refractivity contribution is -0.151. The molecule has 2 rings (SSSR count). The summed E-state index contributed by atoms with van der Waals surface area (Å²) in [4.78, 5) is 35.7. The normalized spacial score (nSPS) is 25.1. The number of amides is 1. The highest BCUT2D eigenvalue weighted by Crippen LogP contribution is 2.27. The number of esters is 2. The number of allylic oxidation sites excluding steroid dienone is 5. The summed E-state index contributed by atoms with van der Waals surface area (Å²) >= 11 is 0. The number of hydrogen-bond donors (Lipinski definition) is 1. The monoisotopic (exact) mass is 585 g/mol. The second-order valence-electron chi connectivity index (χ2n) is 11.5. The van der Waals surface area contributed by atoms with Crippen LogP contribution in [0.3, 0.4) is 0 Å². The first kappa shape index (κ1) is 35.2. The van der Waals surface area contributed by atoms with E-state index in [4.69, 9.17) is 24.7 Å². The Morgan fingerprint density at radius 1 is 1.05 bits per heavy atom. The average molecular weight is 586 g/mol. The molecule has 2 heterocycles. The highest BCUT2D eigenvalue weighted by molar-refractivity contribution is 5.82. The maximum absolute atomic E-state index is 13.0. The van der Waals surface area contributed by atoms with Crippen LogP contribution in [0.5, 0.6) is 0 Å². The van der Waals surface area contributed by atoms with Gasteiger partial charge in [0.1, 0.15) is 6.10 Å². The van der Waals surface area contributed by atoms with Crippen LogP contribution < -0.4 is 5.73 Å². The van der Waals surface area contributed by atoms with E-state index in [1.54, 1.807) is 0 Å². The Kier molecular flexibility index (Phi) is 16.2. The Balaban J connectivity index is 2.04. The van der Waals surface area contributed by atoms with E-state index >= 15 is 0 Å². The summed E-state index contributed by atoms with van der Waals surface area (Å²) in [6.07, 6.45) is 21.7. The van der Waals surface area contributed by atoms with Crippen LogP contribution in [-0.4, -0.2) is 56.0 Å². The molecule has 0 aliphatic carbocycles. The standard InChI is InChI=1S/C34H51NO7/c1-6-28-12-10-13-29(41-28)19-25(3)15-16-26(4)31(14-9-7-8-11-24(2)20-32(35)36)42-34(38)23-30-21-27(17-18-40-30)22-33(37)39-5/h7-9,11,14-16,22,25-26,28-31H,6,10,12-13,17-21,23H2,1-5H3,(H2,35,36)/b8-7-,14-9+,16-15+,24-11+,27-22-. The Labute approximate surface area is 252 Å². The van der Waals surface area contributed by atoms with E-state index in [1.165, 1.54) is 19.6 Å². The molecule has 2 aliphatic heterocycles. The SMILES string of the molecule is CCC1CCCC(CC(C)/C=C/C(C)C(/C=C/C=C\C=C(/C)CC(N)=O)OC(=O)CC2C/C(=C\C(=O)OC)CCO2)O1. The van der Waals surface area contributed by atoms with Crippen molar-refractivity contribution in [3.8, 4) is 0 Å². The summed E-state index contributed by atoms with van der Waals surface area (Å²) in [5.41, 5.74) is 7.02. The van der Waals surface area contributed by atoms with E-state index in [2.05, 4.69) is 26.0 Å². The molecular formula is C34H51NO7. The summed E-state index contributed by atoms with van der Waals surface area (Å²) in [6, 6.07) is 0. The second-order valence-corrected chi connectivity index (χ2v) is 11.5. The second kappa shape index (κ2) is 19.3. The lowest BCUT2D eigenvalue weighted by atomic mass is 9.93. The predicted molar refractivity (Wildman–Crippen MR) is 164 cm³/mol. The fourth-order valence-electron chi connectivity index (χ4n) is 5.22. The summed E-state index contributed by atoms with van der Waals surface area (Å²) < 4.78 is 22.7. The molecule has 2 fully saturated rings. The van der Waals surface area contributed by atoms with E-state index in [0.717, 1.165) is 36.8 Å². The van der Waals surface area contributed by atoms with E-state index < -0.39 is 12.1 Å². The van der Waals surface area contributed by atoms with Gasteiger partial charge in [0.05, 0.1) is 38.4 Å². The fraction of sp³-hybridized carbons (Fsp3) is 0.618. The van der Waals surface area contributed by atoms with Gasteiger partial charge in [-0.25, -0.2) is 4.79 Å². The van der Waals surface area contributed by atoms with Gasteiger partial charge in [0.15, 0.2) is 0 Å². The van der Waals surface area contributed by atoms with E-state index in [0.29, 0.717) is 31.5 Å². The molecule has 0 aromatic rings. The summed E-state index contributed by atoms with van der Waals surface area (Å²) in [5.74, 6) is -0.858. The minimum absolute atomic E-state index is 0.0640. The zero-order valence-electron chi connectivity index (χ0n) is 26.1. The van der Waals surface area contributed by atoms with Crippen LogP contribution in [-0.2, 0) is 33.3 Å². The minimum atomic E-state index is -0.481. The van der Waals surface area contributed by atoms with Crippen molar-refractivity contribution in [3.05, 3.63) is 59.8 Å². The molecule has 0 saturated carbocycles. The van der Waals surface area contributed by atoms with Gasteiger partial charge in [-0.15, -0.1) is 0 Å². The first-order valence-electron chi connectivity index (χ1n) is 15.3. The smallest absolute Gasteiger partial charge is 0.330 e. The molecule has 2 aliphatic rings. The van der Waals surface area contributed by atoms with Crippen LogP contribution in [0.2, 0.25) is 0 Å². The quantitative estimate of drug-likeness (QED) is 0.107. The lowest BCUT2D eigenvalue weighted by Crippen LogP contribution is -2.29. The zero-order chi connectivity index (χ0) is 30.9. The van der Waals surface area contributed by atoms with Crippen LogP contribution in [0.4, 0.5) is 0 Å². The van der Waals surface area contributed by atoms with Crippen molar-refractivity contribution in [1.29, 1.82) is 0 Å². The average Bonchev–Trinajstić information content (AvgIpc) is 2.94. The Hall–Kier alpha value is -2.97. The van der Waals surface area contributed by atoms with E-state index in [-0.39, 0.29) is 42.8 Å². The van der Waals surface area contributed by atoms with Gasteiger partial charge in [0.2, 0.25) is 5.91 Å². The van der Waals surface area contributed by atoms with Crippen LogP contribution in [0.15, 0.2) is 59.8 Å². The molecule has 6 unspecified atom stereocenters. The van der Waals surface area contributed by atoms with Gasteiger partial charge < -0.3 is 24.7 Å². The first-order valence-corrected chi connectivity index (χ1v) is 15.3. The van der Waals surface area contributed by atoms with Crippen LogP contribution >= 0.6 is 0 Å². The van der Waals surface area contributed by atoms with Crippen LogP contribution in [0.25, 0.3) is 0 Å². The third-order valence-electron chi connectivity index (χ3n) is 7.60. The van der Waals surface area contributed by atoms with Gasteiger partial charge in [0, 0.05) is 18.4 Å².